The van der Waals surface area contributed by atoms with E-state index in [4.69, 9.17) is 4.74 Å². The number of hydrogen-bond acceptors (Lipinski definition) is 7. The van der Waals surface area contributed by atoms with E-state index in [2.05, 4.69) is 4.98 Å². The summed E-state index contributed by atoms with van der Waals surface area (Å²) in [6.07, 6.45) is 2.74. The van der Waals surface area contributed by atoms with Gasteiger partial charge in [-0.1, -0.05) is 36.4 Å². The second-order valence-corrected chi connectivity index (χ2v) is 10.3. The normalized spacial score (nSPS) is 27.0. The zero-order valence-corrected chi connectivity index (χ0v) is 17.9. The highest BCUT2D eigenvalue weighted by molar-refractivity contribution is 7.94. The van der Waals surface area contributed by atoms with Gasteiger partial charge in [0.05, 0.1) is 17.7 Å². The van der Waals surface area contributed by atoms with Crippen LogP contribution in [-0.2, 0) is 35.4 Å². The van der Waals surface area contributed by atoms with E-state index in [1.165, 1.54) is 19.2 Å². The molecule has 1 unspecified atom stereocenters. The van der Waals surface area contributed by atoms with Crippen molar-refractivity contribution in [2.45, 2.75) is 29.5 Å². The first-order valence-electron chi connectivity index (χ1n) is 9.78. The predicted molar refractivity (Wildman–Crippen MR) is 113 cm³/mol. The molecule has 2 saturated heterocycles. The van der Waals surface area contributed by atoms with Crippen LogP contribution in [0.15, 0.2) is 60.3 Å². The Morgan fingerprint density at radius 1 is 1.19 bits per heavy atom. The lowest BCUT2D eigenvalue weighted by Gasteiger charge is -2.37. The summed E-state index contributed by atoms with van der Waals surface area (Å²) in [4.78, 5) is 41.9. The fourth-order valence-electron chi connectivity index (χ4n) is 4.05. The fraction of sp³-hybridized carbons (Fsp3) is 0.273. The van der Waals surface area contributed by atoms with Crippen molar-refractivity contribution < 1.29 is 32.6 Å². The van der Waals surface area contributed by atoms with Crippen LogP contribution in [0.1, 0.15) is 18.2 Å². The van der Waals surface area contributed by atoms with Crippen LogP contribution in [-0.4, -0.2) is 64.0 Å². The molecular formula is C22H20N2O7S. The van der Waals surface area contributed by atoms with Gasteiger partial charge in [-0.2, -0.15) is 0 Å². The molecular weight excluding hydrogens is 436 g/mol. The van der Waals surface area contributed by atoms with Crippen molar-refractivity contribution in [3.63, 3.8) is 0 Å². The number of amides is 1. The van der Waals surface area contributed by atoms with Gasteiger partial charge in [0.2, 0.25) is 0 Å². The van der Waals surface area contributed by atoms with Crippen molar-refractivity contribution >= 4 is 33.8 Å². The molecule has 0 bridgehead atoms. The second kappa shape index (κ2) is 7.86. The summed E-state index contributed by atoms with van der Waals surface area (Å²) in [6.45, 7) is 0.510. The number of benzene rings is 1. The van der Waals surface area contributed by atoms with Gasteiger partial charge in [0.15, 0.2) is 21.3 Å². The number of pyridine rings is 1. The maximum Gasteiger partial charge on any atom is 0.328 e. The molecule has 2 aliphatic heterocycles. The Hall–Kier alpha value is -3.53. The average molecular weight is 456 g/mol. The van der Waals surface area contributed by atoms with E-state index in [0.717, 1.165) is 4.90 Å². The molecule has 2 fully saturated rings. The number of aromatic nitrogens is 1. The molecule has 3 heterocycles. The van der Waals surface area contributed by atoms with Crippen LogP contribution >= 0.6 is 0 Å². The number of carboxylic acid groups (broad SMARTS) is 1. The van der Waals surface area contributed by atoms with Crippen LogP contribution in [0.3, 0.4) is 0 Å². The molecule has 1 aromatic carbocycles. The van der Waals surface area contributed by atoms with Crippen molar-refractivity contribution in [2.24, 2.45) is 0 Å². The molecule has 1 aromatic heterocycles. The maximum absolute atomic E-state index is 13.4. The van der Waals surface area contributed by atoms with Gasteiger partial charge < -0.3 is 14.7 Å². The van der Waals surface area contributed by atoms with Crippen molar-refractivity contribution in [1.29, 1.82) is 0 Å². The van der Waals surface area contributed by atoms with Crippen LogP contribution in [0.2, 0.25) is 0 Å². The molecule has 2 aromatic rings. The molecule has 1 amide bonds. The third kappa shape index (κ3) is 3.36. The van der Waals surface area contributed by atoms with Gasteiger partial charge in [-0.15, -0.1) is 0 Å². The average Bonchev–Trinajstić information content (AvgIpc) is 2.93. The van der Waals surface area contributed by atoms with Crippen molar-refractivity contribution in [3.8, 4) is 0 Å². The minimum atomic E-state index is -4.24. The Bertz CT molecular complexity index is 1210. The van der Waals surface area contributed by atoms with Gasteiger partial charge in [0.25, 0.3) is 5.91 Å². The number of carbonyl (C=O) groups excluding carboxylic acids is 2. The van der Waals surface area contributed by atoms with Crippen LogP contribution < -0.4 is 0 Å². The Morgan fingerprint density at radius 3 is 2.50 bits per heavy atom. The predicted octanol–water partition coefficient (Wildman–Crippen LogP) is 1.06. The molecule has 166 valence electrons. The number of β-lactam (4-membered cyclic amide) rings is 1. The highest BCUT2D eigenvalue weighted by Gasteiger charge is 2.72. The zero-order chi connectivity index (χ0) is 23.1. The molecule has 4 rings (SSSR count). The summed E-state index contributed by atoms with van der Waals surface area (Å²) < 4.78 is 30.0. The lowest BCUT2D eigenvalue weighted by atomic mass is 9.94. The third-order valence-corrected chi connectivity index (χ3v) is 8.45. The lowest BCUT2D eigenvalue weighted by molar-refractivity contribution is -0.155. The summed E-state index contributed by atoms with van der Waals surface area (Å²) in [5.74, 6) is -2.87. The van der Waals surface area contributed by atoms with E-state index in [9.17, 15) is 27.9 Å². The largest absolute Gasteiger partial charge is 0.480 e. The van der Waals surface area contributed by atoms with E-state index in [-0.39, 0.29) is 12.0 Å². The highest BCUT2D eigenvalue weighted by atomic mass is 32.2. The topological polar surface area (TPSA) is 131 Å². The minimum absolute atomic E-state index is 0.0608. The molecule has 0 spiro atoms. The SMILES string of the molecule is C[C@]1(COC(=O)Cc2ccccc2)[C@H](C(=O)O)N2C(=O)/C(=C/c3ccccn3)C2S1(=O)=O. The van der Waals surface area contributed by atoms with Crippen LogP contribution in [0, 0.1) is 0 Å². The number of rotatable bonds is 6. The van der Waals surface area contributed by atoms with E-state index >= 15 is 0 Å². The number of ether oxygens (including phenoxy) is 1. The number of carbonyl (C=O) groups is 3. The number of sulfone groups is 1. The first kappa shape index (κ1) is 21.7. The highest BCUT2D eigenvalue weighted by Crippen LogP contribution is 2.49. The monoisotopic (exact) mass is 456 g/mol. The van der Waals surface area contributed by atoms with E-state index in [1.54, 1.807) is 48.5 Å². The van der Waals surface area contributed by atoms with Gasteiger partial charge in [0.1, 0.15) is 11.4 Å². The van der Waals surface area contributed by atoms with Gasteiger partial charge in [-0.25, -0.2) is 13.2 Å². The fourth-order valence-corrected chi connectivity index (χ4v) is 6.33. The Balaban J connectivity index is 1.61. The second-order valence-electron chi connectivity index (χ2n) is 7.84. The summed E-state index contributed by atoms with van der Waals surface area (Å²) in [5.41, 5.74) is 0.987. The first-order valence-corrected chi connectivity index (χ1v) is 11.3. The van der Waals surface area contributed by atoms with Gasteiger partial charge >= 0.3 is 11.9 Å². The molecule has 32 heavy (non-hydrogen) atoms. The van der Waals surface area contributed by atoms with E-state index in [1.807, 2.05) is 0 Å². The molecule has 2 aliphatic rings. The number of fused-ring (bicyclic) bond motifs is 1. The van der Waals surface area contributed by atoms with Crippen molar-refractivity contribution in [1.82, 2.24) is 9.88 Å². The first-order chi connectivity index (χ1) is 15.2. The lowest BCUT2D eigenvalue weighted by Crippen LogP contribution is -2.59. The zero-order valence-electron chi connectivity index (χ0n) is 17.0. The smallest absolute Gasteiger partial charge is 0.328 e. The summed E-state index contributed by atoms with van der Waals surface area (Å²) in [7, 11) is -4.24. The van der Waals surface area contributed by atoms with E-state index in [0.29, 0.717) is 11.3 Å². The van der Waals surface area contributed by atoms with Gasteiger partial charge in [0, 0.05) is 6.20 Å². The molecule has 3 atom stereocenters. The number of aliphatic carboxylic acids is 1. The van der Waals surface area contributed by atoms with Gasteiger partial charge in [-0.3, -0.25) is 14.6 Å². The number of nitrogens with zero attached hydrogens (tertiary/aromatic N) is 2. The Morgan fingerprint density at radius 2 is 1.88 bits per heavy atom. The Labute approximate surface area is 184 Å². The number of carboxylic acids is 1. The number of hydrogen-bond donors (Lipinski definition) is 1. The molecule has 10 heteroatoms. The number of esters is 1. The van der Waals surface area contributed by atoms with Crippen LogP contribution in [0.4, 0.5) is 0 Å². The van der Waals surface area contributed by atoms with Gasteiger partial charge in [-0.05, 0) is 30.7 Å². The molecule has 9 nitrogen and oxygen atoms in total. The molecule has 1 N–H and O–H groups in total. The Kier molecular flexibility index (Phi) is 5.33. The van der Waals surface area contributed by atoms with Crippen molar-refractivity contribution in [3.05, 3.63) is 71.6 Å². The molecule has 0 aliphatic carbocycles. The maximum atomic E-state index is 13.4. The summed E-state index contributed by atoms with van der Waals surface area (Å²) in [6, 6.07) is 12.0. The van der Waals surface area contributed by atoms with Crippen LogP contribution in [0.25, 0.3) is 6.08 Å². The van der Waals surface area contributed by atoms with E-state index < -0.39 is 50.5 Å². The van der Waals surface area contributed by atoms with Crippen molar-refractivity contribution in [2.75, 3.05) is 6.61 Å². The van der Waals surface area contributed by atoms with Crippen LogP contribution in [0.5, 0.6) is 0 Å². The quantitative estimate of drug-likeness (QED) is 0.388. The minimum Gasteiger partial charge on any atom is -0.480 e. The third-order valence-electron chi connectivity index (χ3n) is 5.74. The summed E-state index contributed by atoms with van der Waals surface area (Å²) in [5, 5.41) is 8.33. The summed E-state index contributed by atoms with van der Waals surface area (Å²) >= 11 is 0. The standard InChI is InChI=1S/C22H20N2O7S/c1-22(13-31-17(25)11-14-7-3-2-4-8-14)18(21(27)28)24-19(26)16(20(24)32(22,29)30)12-15-9-5-6-10-23-15/h2-10,12,18,20H,11,13H2,1H3,(H,27,28)/b16-12-/t18-,20?,22-/m0/s1. The molecule has 0 radical (unpaired) electrons. The molecule has 0 saturated carbocycles.